The van der Waals surface area contributed by atoms with Crippen LogP contribution < -0.4 is 15.7 Å². The number of nitrogens with one attached hydrogen (secondary N) is 1. The molecule has 0 saturated heterocycles. The van der Waals surface area contributed by atoms with Gasteiger partial charge in [0, 0.05) is 6.54 Å². The summed E-state index contributed by atoms with van der Waals surface area (Å²) in [6.07, 6.45) is -6.30. The zero-order valence-electron chi connectivity index (χ0n) is 17.1. The van der Waals surface area contributed by atoms with Crippen LogP contribution >= 0.6 is 11.6 Å². The van der Waals surface area contributed by atoms with Crippen LogP contribution in [0, 0.1) is 11.6 Å². The average molecular weight is 491 g/mol. The Kier molecular flexibility index (Phi) is 6.77. The minimum atomic E-state index is -4.90. The van der Waals surface area contributed by atoms with Crippen molar-refractivity contribution < 1.29 is 31.5 Å². The molecule has 3 rings (SSSR count). The molecule has 0 aliphatic carbocycles. The van der Waals surface area contributed by atoms with Crippen LogP contribution in [0.3, 0.4) is 0 Å². The van der Waals surface area contributed by atoms with E-state index in [-0.39, 0.29) is 11.6 Å². The molecule has 0 bridgehead atoms. The lowest BCUT2D eigenvalue weighted by Gasteiger charge is -2.21. The zero-order chi connectivity index (χ0) is 24.5. The highest BCUT2D eigenvalue weighted by atomic mass is 35.5. The molecular weight excluding hydrogens is 475 g/mol. The van der Waals surface area contributed by atoms with Crippen LogP contribution in [0.5, 0.6) is 5.75 Å². The molecule has 0 radical (unpaired) electrons. The van der Waals surface area contributed by atoms with Crippen LogP contribution in [-0.4, -0.2) is 32.5 Å². The van der Waals surface area contributed by atoms with Crippen molar-refractivity contribution in [1.82, 2.24) is 14.3 Å². The van der Waals surface area contributed by atoms with Gasteiger partial charge in [-0.15, -0.1) is 0 Å². The molecule has 13 heteroatoms. The largest absolute Gasteiger partial charge is 0.477 e. The third kappa shape index (κ3) is 4.85. The molecule has 0 aliphatic rings. The van der Waals surface area contributed by atoms with Gasteiger partial charge in [0.2, 0.25) is 0 Å². The van der Waals surface area contributed by atoms with Crippen molar-refractivity contribution in [3.05, 3.63) is 69.4 Å². The van der Waals surface area contributed by atoms with E-state index in [0.29, 0.717) is 11.6 Å². The number of ether oxygens (including phenoxy) is 1. The number of nitrogens with zero attached hydrogens (tertiary/aromatic N) is 3. The number of para-hydroxylation sites is 1. The van der Waals surface area contributed by atoms with Gasteiger partial charge in [0.05, 0.1) is 16.3 Å². The highest BCUT2D eigenvalue weighted by Gasteiger charge is 2.39. The van der Waals surface area contributed by atoms with Gasteiger partial charge in [0.15, 0.2) is 17.7 Å². The van der Waals surface area contributed by atoms with E-state index < -0.39 is 58.2 Å². The number of hydrogen-bond acceptors (Lipinski definition) is 4. The van der Waals surface area contributed by atoms with E-state index >= 15 is 4.39 Å². The number of amides is 1. The van der Waals surface area contributed by atoms with E-state index in [1.165, 1.54) is 12.1 Å². The molecule has 1 amide bonds. The number of aromatic nitrogens is 3. The summed E-state index contributed by atoms with van der Waals surface area (Å²) in [5.74, 6) is -4.65. The molecule has 3 aromatic rings. The predicted molar refractivity (Wildman–Crippen MR) is 109 cm³/mol. The summed E-state index contributed by atoms with van der Waals surface area (Å²) >= 11 is 5.86. The third-order valence-corrected chi connectivity index (χ3v) is 4.90. The zero-order valence-corrected chi connectivity index (χ0v) is 17.8. The maximum absolute atomic E-state index is 15.3. The number of carbonyl (C=O) groups is 1. The fourth-order valence-corrected chi connectivity index (χ4v) is 2.97. The second-order valence-corrected chi connectivity index (χ2v) is 7.15. The SMILES string of the molecule is CCn1cnn(-c2ccc(C(=O)Nc3c(F)cccc3Cl)c(O[C@@H](C)C(F)(F)F)c2F)c1=O. The highest BCUT2D eigenvalue weighted by molar-refractivity contribution is 6.34. The van der Waals surface area contributed by atoms with Gasteiger partial charge in [0.25, 0.3) is 5.91 Å². The maximum Gasteiger partial charge on any atom is 0.425 e. The Morgan fingerprint density at radius 2 is 1.94 bits per heavy atom. The number of benzene rings is 2. The normalized spacial score (nSPS) is 12.5. The van der Waals surface area contributed by atoms with Crippen molar-refractivity contribution in [2.45, 2.75) is 32.7 Å². The molecule has 2 aromatic carbocycles. The van der Waals surface area contributed by atoms with Crippen LogP contribution in [-0.2, 0) is 6.54 Å². The topological polar surface area (TPSA) is 78.2 Å². The van der Waals surface area contributed by atoms with Crippen molar-refractivity contribution in [1.29, 1.82) is 0 Å². The van der Waals surface area contributed by atoms with E-state index in [1.54, 1.807) is 6.92 Å². The number of rotatable bonds is 6. The second kappa shape index (κ2) is 9.22. The summed E-state index contributed by atoms with van der Waals surface area (Å²) in [5, 5.41) is 5.64. The Hall–Kier alpha value is -3.41. The first-order valence-electron chi connectivity index (χ1n) is 9.41. The second-order valence-electron chi connectivity index (χ2n) is 6.74. The molecule has 0 fully saturated rings. The molecule has 0 unspecified atom stereocenters. The van der Waals surface area contributed by atoms with Crippen molar-refractivity contribution >= 4 is 23.2 Å². The maximum atomic E-state index is 15.3. The lowest BCUT2D eigenvalue weighted by molar-refractivity contribution is -0.189. The van der Waals surface area contributed by atoms with Crippen LogP contribution in [0.25, 0.3) is 5.69 Å². The molecule has 0 saturated carbocycles. The Bertz CT molecular complexity index is 1240. The number of hydrogen-bond donors (Lipinski definition) is 1. The summed E-state index contributed by atoms with van der Waals surface area (Å²) in [5.41, 5.74) is -2.45. The Labute approximate surface area is 188 Å². The van der Waals surface area contributed by atoms with Crippen molar-refractivity contribution in [3.63, 3.8) is 0 Å². The summed E-state index contributed by atoms with van der Waals surface area (Å²) in [7, 11) is 0. The molecule has 1 heterocycles. The summed E-state index contributed by atoms with van der Waals surface area (Å²) < 4.78 is 75.2. The Balaban J connectivity index is 2.12. The summed E-state index contributed by atoms with van der Waals surface area (Å²) in [6, 6.07) is 5.42. The van der Waals surface area contributed by atoms with Crippen LogP contribution in [0.1, 0.15) is 24.2 Å². The van der Waals surface area contributed by atoms with Gasteiger partial charge in [-0.25, -0.2) is 13.6 Å². The van der Waals surface area contributed by atoms with Crippen molar-refractivity contribution in [2.24, 2.45) is 0 Å². The molecular formula is C20H16ClF5N4O3. The van der Waals surface area contributed by atoms with Crippen molar-refractivity contribution in [3.8, 4) is 11.4 Å². The monoisotopic (exact) mass is 490 g/mol. The fourth-order valence-electron chi connectivity index (χ4n) is 2.76. The molecule has 1 aromatic heterocycles. The lowest BCUT2D eigenvalue weighted by atomic mass is 10.1. The molecule has 1 N–H and O–H groups in total. The third-order valence-electron chi connectivity index (χ3n) is 4.58. The number of halogens is 6. The quantitative estimate of drug-likeness (QED) is 0.514. The summed E-state index contributed by atoms with van der Waals surface area (Å²) in [4.78, 5) is 25.1. The first-order chi connectivity index (χ1) is 15.5. The van der Waals surface area contributed by atoms with Gasteiger partial charge in [-0.05, 0) is 38.1 Å². The van der Waals surface area contributed by atoms with Gasteiger partial charge in [-0.2, -0.15) is 23.0 Å². The van der Waals surface area contributed by atoms with E-state index in [4.69, 9.17) is 16.3 Å². The Morgan fingerprint density at radius 1 is 1.24 bits per heavy atom. The van der Waals surface area contributed by atoms with E-state index in [0.717, 1.165) is 29.1 Å². The molecule has 0 spiro atoms. The number of alkyl halides is 3. The molecule has 0 aliphatic heterocycles. The first-order valence-corrected chi connectivity index (χ1v) is 9.79. The smallest absolute Gasteiger partial charge is 0.425 e. The number of carbonyl (C=O) groups excluding carboxylic acids is 1. The molecule has 1 atom stereocenters. The van der Waals surface area contributed by atoms with Crippen LogP contribution in [0.2, 0.25) is 5.02 Å². The predicted octanol–water partition coefficient (Wildman–Crippen LogP) is 4.57. The average Bonchev–Trinajstić information content (AvgIpc) is 3.11. The van der Waals surface area contributed by atoms with Gasteiger partial charge in [0.1, 0.15) is 17.8 Å². The van der Waals surface area contributed by atoms with E-state index in [2.05, 4.69) is 10.4 Å². The van der Waals surface area contributed by atoms with Crippen molar-refractivity contribution in [2.75, 3.05) is 5.32 Å². The van der Waals surface area contributed by atoms with E-state index in [1.807, 2.05) is 0 Å². The molecule has 7 nitrogen and oxygen atoms in total. The van der Waals surface area contributed by atoms with Gasteiger partial charge in [-0.3, -0.25) is 9.36 Å². The van der Waals surface area contributed by atoms with Crippen LogP contribution in [0.15, 0.2) is 41.5 Å². The summed E-state index contributed by atoms with van der Waals surface area (Å²) in [6.45, 7) is 2.45. The fraction of sp³-hybridized carbons (Fsp3) is 0.250. The van der Waals surface area contributed by atoms with Crippen LogP contribution in [0.4, 0.5) is 27.6 Å². The van der Waals surface area contributed by atoms with Gasteiger partial charge < -0.3 is 10.1 Å². The molecule has 33 heavy (non-hydrogen) atoms. The van der Waals surface area contributed by atoms with Gasteiger partial charge in [-0.1, -0.05) is 17.7 Å². The minimum Gasteiger partial charge on any atom is -0.477 e. The minimum absolute atomic E-state index is 0.191. The Morgan fingerprint density at radius 3 is 2.52 bits per heavy atom. The van der Waals surface area contributed by atoms with E-state index in [9.17, 15) is 27.2 Å². The standard InChI is InChI=1S/C20H16ClF5N4O3/c1-3-29-9-27-30(19(29)32)14-8-7-11(17(15(14)23)33-10(2)20(24,25)26)18(31)28-16-12(21)5-4-6-13(16)22/h4-10H,3H2,1-2H3,(H,28,31)/t10-/m0/s1. The first kappa shape index (κ1) is 24.2. The number of aryl methyl sites for hydroxylation is 1. The highest BCUT2D eigenvalue weighted by Crippen LogP contribution is 2.33. The lowest BCUT2D eigenvalue weighted by Crippen LogP contribution is -2.32. The number of anilines is 1. The van der Waals surface area contributed by atoms with Gasteiger partial charge >= 0.3 is 11.9 Å². The molecule has 176 valence electrons.